The van der Waals surface area contributed by atoms with Crippen molar-refractivity contribution in [2.24, 2.45) is 0 Å². The highest BCUT2D eigenvalue weighted by molar-refractivity contribution is 5.69. The Balaban J connectivity index is 1.97. The number of nitrogens with one attached hydrogen (secondary N) is 2. The molecule has 0 atom stereocenters. The van der Waals surface area contributed by atoms with E-state index < -0.39 is 23.9 Å². The molecule has 0 spiro atoms. The SMILES string of the molecule is Cc1ccc(C(F)(F)F)cc1Nc1cc(-c2cccc(OC(F)(F)F)c2)nc(NCCCN(C)C)n1. The first-order chi connectivity index (χ1) is 16.8. The predicted octanol–water partition coefficient (Wildman–Crippen LogP) is 6.48. The molecular formula is C24H25F6N5O. The third-order valence-corrected chi connectivity index (χ3v) is 4.98. The lowest BCUT2D eigenvalue weighted by atomic mass is 10.1. The van der Waals surface area contributed by atoms with Gasteiger partial charge in [-0.3, -0.25) is 0 Å². The largest absolute Gasteiger partial charge is 0.573 e. The fourth-order valence-electron chi connectivity index (χ4n) is 3.26. The molecule has 194 valence electrons. The molecule has 0 bridgehead atoms. The van der Waals surface area contributed by atoms with Crippen LogP contribution in [0.3, 0.4) is 0 Å². The number of benzene rings is 2. The first kappa shape index (κ1) is 27.1. The van der Waals surface area contributed by atoms with Crippen molar-refractivity contribution in [2.45, 2.75) is 25.9 Å². The average molecular weight is 513 g/mol. The van der Waals surface area contributed by atoms with E-state index in [0.717, 1.165) is 31.2 Å². The molecule has 3 aromatic rings. The topological polar surface area (TPSA) is 62.3 Å². The summed E-state index contributed by atoms with van der Waals surface area (Å²) in [6.07, 6.45) is -8.64. The Morgan fingerprint density at radius 1 is 0.944 bits per heavy atom. The summed E-state index contributed by atoms with van der Waals surface area (Å²) in [6, 6.07) is 9.99. The molecule has 12 heteroatoms. The van der Waals surface area contributed by atoms with Crippen molar-refractivity contribution >= 4 is 17.5 Å². The normalized spacial score (nSPS) is 12.1. The van der Waals surface area contributed by atoms with Crippen LogP contribution in [-0.2, 0) is 6.18 Å². The van der Waals surface area contributed by atoms with Gasteiger partial charge in [0.1, 0.15) is 11.6 Å². The molecule has 0 aliphatic carbocycles. The summed E-state index contributed by atoms with van der Waals surface area (Å²) in [6.45, 7) is 2.93. The van der Waals surface area contributed by atoms with Crippen LogP contribution in [0.25, 0.3) is 11.3 Å². The second kappa shape index (κ2) is 11.0. The van der Waals surface area contributed by atoms with E-state index in [1.807, 2.05) is 19.0 Å². The summed E-state index contributed by atoms with van der Waals surface area (Å²) in [4.78, 5) is 10.7. The molecule has 0 saturated heterocycles. The van der Waals surface area contributed by atoms with Crippen LogP contribution in [0, 0.1) is 6.92 Å². The maximum absolute atomic E-state index is 13.2. The zero-order chi connectivity index (χ0) is 26.5. The van der Waals surface area contributed by atoms with E-state index in [0.29, 0.717) is 17.7 Å². The van der Waals surface area contributed by atoms with Gasteiger partial charge in [-0.2, -0.15) is 18.2 Å². The molecule has 1 heterocycles. The van der Waals surface area contributed by atoms with Crippen molar-refractivity contribution in [2.75, 3.05) is 37.8 Å². The van der Waals surface area contributed by atoms with Crippen LogP contribution < -0.4 is 15.4 Å². The van der Waals surface area contributed by atoms with Gasteiger partial charge in [0.25, 0.3) is 0 Å². The van der Waals surface area contributed by atoms with Crippen LogP contribution in [0.5, 0.6) is 5.75 Å². The van der Waals surface area contributed by atoms with Gasteiger partial charge in [-0.05, 0) is 63.8 Å². The molecule has 0 aliphatic heterocycles. The molecule has 0 saturated carbocycles. The molecule has 0 aliphatic rings. The lowest BCUT2D eigenvalue weighted by Gasteiger charge is -2.15. The molecule has 3 rings (SSSR count). The number of aromatic nitrogens is 2. The van der Waals surface area contributed by atoms with Gasteiger partial charge in [-0.15, -0.1) is 13.2 Å². The number of ether oxygens (including phenoxy) is 1. The number of alkyl halides is 6. The maximum atomic E-state index is 13.2. The number of nitrogens with zero attached hydrogens (tertiary/aromatic N) is 3. The Hall–Kier alpha value is -3.54. The first-order valence-electron chi connectivity index (χ1n) is 10.9. The molecular weight excluding hydrogens is 488 g/mol. The van der Waals surface area contributed by atoms with Crippen LogP contribution in [0.15, 0.2) is 48.5 Å². The third-order valence-electron chi connectivity index (χ3n) is 4.98. The highest BCUT2D eigenvalue weighted by atomic mass is 19.4. The van der Waals surface area contributed by atoms with Crippen molar-refractivity contribution in [3.8, 4) is 17.0 Å². The third kappa shape index (κ3) is 8.01. The molecule has 0 amide bonds. The molecule has 2 aromatic carbocycles. The minimum absolute atomic E-state index is 0.166. The lowest BCUT2D eigenvalue weighted by molar-refractivity contribution is -0.274. The fourth-order valence-corrected chi connectivity index (χ4v) is 3.26. The van der Waals surface area contributed by atoms with Crippen LogP contribution >= 0.6 is 0 Å². The maximum Gasteiger partial charge on any atom is 0.573 e. The Bertz CT molecular complexity index is 1180. The monoisotopic (exact) mass is 513 g/mol. The van der Waals surface area contributed by atoms with Crippen LogP contribution in [0.2, 0.25) is 0 Å². The van der Waals surface area contributed by atoms with E-state index in [2.05, 4.69) is 25.3 Å². The van der Waals surface area contributed by atoms with E-state index in [9.17, 15) is 26.3 Å². The molecule has 0 unspecified atom stereocenters. The second-order valence-corrected chi connectivity index (χ2v) is 8.27. The summed E-state index contributed by atoms with van der Waals surface area (Å²) < 4.78 is 81.7. The van der Waals surface area contributed by atoms with Crippen molar-refractivity contribution in [1.29, 1.82) is 0 Å². The van der Waals surface area contributed by atoms with Crippen molar-refractivity contribution in [3.63, 3.8) is 0 Å². The van der Waals surface area contributed by atoms with Crippen LogP contribution in [0.4, 0.5) is 43.8 Å². The molecule has 36 heavy (non-hydrogen) atoms. The summed E-state index contributed by atoms with van der Waals surface area (Å²) in [5, 5.41) is 5.95. The quantitative estimate of drug-likeness (QED) is 0.252. The number of hydrogen-bond acceptors (Lipinski definition) is 6. The van der Waals surface area contributed by atoms with Gasteiger partial charge in [0.15, 0.2) is 0 Å². The molecule has 2 N–H and O–H groups in total. The van der Waals surface area contributed by atoms with Gasteiger partial charge in [0.2, 0.25) is 5.95 Å². The van der Waals surface area contributed by atoms with E-state index in [1.54, 1.807) is 13.0 Å². The van der Waals surface area contributed by atoms with Gasteiger partial charge >= 0.3 is 12.5 Å². The minimum Gasteiger partial charge on any atom is -0.406 e. The highest BCUT2D eigenvalue weighted by Crippen LogP contribution is 2.34. The summed E-state index contributed by atoms with van der Waals surface area (Å²) in [5.41, 5.74) is 0.453. The smallest absolute Gasteiger partial charge is 0.406 e. The van der Waals surface area contributed by atoms with E-state index in [-0.39, 0.29) is 23.1 Å². The van der Waals surface area contributed by atoms with Crippen LogP contribution in [0.1, 0.15) is 17.5 Å². The van der Waals surface area contributed by atoms with Crippen molar-refractivity contribution < 1.29 is 31.1 Å². The predicted molar refractivity (Wildman–Crippen MR) is 125 cm³/mol. The Labute approximate surface area is 204 Å². The van der Waals surface area contributed by atoms with Gasteiger partial charge in [0, 0.05) is 23.9 Å². The van der Waals surface area contributed by atoms with Gasteiger partial charge in [-0.25, -0.2) is 4.98 Å². The summed E-state index contributed by atoms with van der Waals surface area (Å²) in [5.74, 6) is -0.0949. The minimum atomic E-state index is -4.86. The van der Waals surface area contributed by atoms with E-state index in [4.69, 9.17) is 0 Å². The van der Waals surface area contributed by atoms with Crippen molar-refractivity contribution in [3.05, 3.63) is 59.7 Å². The zero-order valence-electron chi connectivity index (χ0n) is 19.8. The van der Waals surface area contributed by atoms with Crippen molar-refractivity contribution in [1.82, 2.24) is 14.9 Å². The van der Waals surface area contributed by atoms with Crippen LogP contribution in [-0.4, -0.2) is 48.4 Å². The Morgan fingerprint density at radius 2 is 1.69 bits per heavy atom. The molecule has 0 fully saturated rings. The number of rotatable bonds is 9. The Morgan fingerprint density at radius 3 is 2.36 bits per heavy atom. The Kier molecular flexibility index (Phi) is 8.28. The summed E-state index contributed by atoms with van der Waals surface area (Å²) in [7, 11) is 3.85. The van der Waals surface area contributed by atoms with Gasteiger partial charge < -0.3 is 20.3 Å². The molecule has 0 radical (unpaired) electrons. The zero-order valence-corrected chi connectivity index (χ0v) is 19.8. The fraction of sp³-hybridized carbons (Fsp3) is 0.333. The number of halogens is 6. The number of aryl methyl sites for hydroxylation is 1. The standard InChI is InChI=1S/C24H25F6N5O/c1-15-8-9-17(23(25,26)27)13-19(15)32-21-14-20(33-22(34-21)31-10-5-11-35(2)3)16-6-4-7-18(12-16)36-24(28,29)30/h4,6-9,12-14H,5,10-11H2,1-3H3,(H2,31,32,33,34). The summed E-state index contributed by atoms with van der Waals surface area (Å²) >= 11 is 0. The molecule has 1 aromatic heterocycles. The lowest BCUT2D eigenvalue weighted by Crippen LogP contribution is -2.17. The van der Waals surface area contributed by atoms with Gasteiger partial charge in [-0.1, -0.05) is 18.2 Å². The molecule has 6 nitrogen and oxygen atoms in total. The number of hydrogen-bond donors (Lipinski definition) is 2. The van der Waals surface area contributed by atoms with E-state index >= 15 is 0 Å². The highest BCUT2D eigenvalue weighted by Gasteiger charge is 2.32. The number of anilines is 3. The van der Waals surface area contributed by atoms with Gasteiger partial charge in [0.05, 0.1) is 11.3 Å². The van der Waals surface area contributed by atoms with E-state index in [1.165, 1.54) is 24.3 Å². The average Bonchev–Trinajstić information content (AvgIpc) is 2.76. The first-order valence-corrected chi connectivity index (χ1v) is 10.9. The second-order valence-electron chi connectivity index (χ2n) is 8.27.